The molecule has 1 fully saturated rings. The molecule has 0 N–H and O–H groups in total. The number of rotatable bonds is 9. The number of hydrogen-bond acceptors (Lipinski definition) is 6. The van der Waals surface area contributed by atoms with E-state index in [1.807, 2.05) is 32.6 Å². The fourth-order valence-corrected chi connectivity index (χ4v) is 3.74. The monoisotopic (exact) mass is 450 g/mol. The van der Waals surface area contributed by atoms with Gasteiger partial charge in [0.05, 0.1) is 13.7 Å². The largest absolute Gasteiger partial charge is 0.493 e. The van der Waals surface area contributed by atoms with Gasteiger partial charge in [-0.25, -0.2) is 4.79 Å². The molecule has 2 amide bonds. The van der Waals surface area contributed by atoms with E-state index in [9.17, 15) is 9.59 Å². The summed E-state index contributed by atoms with van der Waals surface area (Å²) in [7, 11) is 3.22. The maximum absolute atomic E-state index is 13.4. The van der Waals surface area contributed by atoms with Gasteiger partial charge in [0, 0.05) is 51.4 Å². The van der Waals surface area contributed by atoms with Crippen molar-refractivity contribution >= 4 is 12.0 Å². The molecule has 0 aliphatic carbocycles. The molecular formula is C24H38N2O6. The Morgan fingerprint density at radius 2 is 1.91 bits per heavy atom. The second-order valence-electron chi connectivity index (χ2n) is 8.87. The molecule has 8 nitrogen and oxygen atoms in total. The van der Waals surface area contributed by atoms with Crippen LogP contribution in [0.5, 0.6) is 11.5 Å². The zero-order valence-corrected chi connectivity index (χ0v) is 20.3. The maximum atomic E-state index is 13.4. The minimum absolute atomic E-state index is 0.0676. The van der Waals surface area contributed by atoms with E-state index in [0.717, 1.165) is 19.3 Å². The number of nitrogens with zero attached hydrogens (tertiary/aromatic N) is 2. The summed E-state index contributed by atoms with van der Waals surface area (Å²) in [5, 5.41) is 0. The van der Waals surface area contributed by atoms with Crippen LogP contribution < -0.4 is 9.47 Å². The highest BCUT2D eigenvalue weighted by molar-refractivity contribution is 5.95. The van der Waals surface area contributed by atoms with Crippen molar-refractivity contribution in [2.75, 3.05) is 47.1 Å². The third-order valence-electron chi connectivity index (χ3n) is 5.25. The lowest BCUT2D eigenvalue weighted by atomic mass is 10.0. The number of amides is 2. The van der Waals surface area contributed by atoms with Gasteiger partial charge in [-0.2, -0.15) is 0 Å². The molecule has 1 saturated heterocycles. The predicted molar refractivity (Wildman–Crippen MR) is 123 cm³/mol. The Morgan fingerprint density at radius 1 is 1.16 bits per heavy atom. The van der Waals surface area contributed by atoms with Gasteiger partial charge < -0.3 is 28.7 Å². The molecule has 0 unspecified atom stereocenters. The average Bonchev–Trinajstić information content (AvgIpc) is 2.76. The molecule has 1 atom stereocenters. The Labute approximate surface area is 191 Å². The second-order valence-corrected chi connectivity index (χ2v) is 8.87. The van der Waals surface area contributed by atoms with Crippen LogP contribution in [0.2, 0.25) is 0 Å². The number of carbonyl (C=O) groups excluding carboxylic acids is 2. The van der Waals surface area contributed by atoms with Gasteiger partial charge in [-0.15, -0.1) is 0 Å². The average molecular weight is 451 g/mol. The zero-order valence-electron chi connectivity index (χ0n) is 20.3. The Morgan fingerprint density at radius 3 is 2.53 bits per heavy atom. The number of likely N-dealkylation sites (N-methyl/N-ethyl adjacent to an activating group) is 1. The van der Waals surface area contributed by atoms with Gasteiger partial charge in [0.2, 0.25) is 0 Å². The predicted octanol–water partition coefficient (Wildman–Crippen LogP) is 3.97. The quantitative estimate of drug-likeness (QED) is 0.530. The highest BCUT2D eigenvalue weighted by Gasteiger charge is 2.32. The van der Waals surface area contributed by atoms with Crippen molar-refractivity contribution in [1.82, 2.24) is 9.80 Å². The third-order valence-corrected chi connectivity index (χ3v) is 5.25. The van der Waals surface area contributed by atoms with Gasteiger partial charge in [0.1, 0.15) is 5.60 Å². The molecule has 32 heavy (non-hydrogen) atoms. The first-order valence-corrected chi connectivity index (χ1v) is 11.3. The summed E-state index contributed by atoms with van der Waals surface area (Å²) in [5.74, 6) is 1.02. The van der Waals surface area contributed by atoms with Crippen LogP contribution in [0.3, 0.4) is 0 Å². The van der Waals surface area contributed by atoms with E-state index in [0.29, 0.717) is 49.9 Å². The van der Waals surface area contributed by atoms with Crippen molar-refractivity contribution in [2.24, 2.45) is 0 Å². The normalized spacial score (nSPS) is 16.4. The van der Waals surface area contributed by atoms with Gasteiger partial charge >= 0.3 is 6.09 Å². The number of benzene rings is 1. The van der Waals surface area contributed by atoms with Gasteiger partial charge in [0.25, 0.3) is 5.91 Å². The van der Waals surface area contributed by atoms with Crippen molar-refractivity contribution in [3.63, 3.8) is 0 Å². The van der Waals surface area contributed by atoms with E-state index >= 15 is 0 Å². The molecule has 0 spiro atoms. The van der Waals surface area contributed by atoms with E-state index in [1.54, 1.807) is 37.3 Å². The van der Waals surface area contributed by atoms with E-state index in [-0.39, 0.29) is 18.0 Å². The first-order chi connectivity index (χ1) is 15.2. The molecular weight excluding hydrogens is 412 g/mol. The lowest BCUT2D eigenvalue weighted by molar-refractivity contribution is 0.0107. The van der Waals surface area contributed by atoms with E-state index < -0.39 is 5.60 Å². The Balaban J connectivity index is 2.13. The molecule has 1 heterocycles. The summed E-state index contributed by atoms with van der Waals surface area (Å²) in [4.78, 5) is 29.4. The molecule has 0 bridgehead atoms. The summed E-state index contributed by atoms with van der Waals surface area (Å²) >= 11 is 0. The van der Waals surface area contributed by atoms with Gasteiger partial charge in [-0.3, -0.25) is 4.79 Å². The van der Waals surface area contributed by atoms with E-state index in [4.69, 9.17) is 18.9 Å². The molecule has 1 aromatic carbocycles. The summed E-state index contributed by atoms with van der Waals surface area (Å²) < 4.78 is 21.8. The number of hydrogen-bond donors (Lipinski definition) is 0. The smallest absolute Gasteiger partial charge is 0.410 e. The number of ether oxygens (including phenoxy) is 4. The van der Waals surface area contributed by atoms with Crippen molar-refractivity contribution < 1.29 is 28.5 Å². The SMILES string of the molecule is CCN(C(=O)c1ccc(OC)c(OCCCOC)c1)[C@@H]1CCCN(C(=O)OC(C)(C)C)C1. The Hall–Kier alpha value is -2.48. The lowest BCUT2D eigenvalue weighted by Crippen LogP contribution is -2.52. The van der Waals surface area contributed by atoms with Crippen molar-refractivity contribution in [2.45, 2.75) is 58.6 Å². The van der Waals surface area contributed by atoms with Crippen LogP contribution in [0, 0.1) is 0 Å². The van der Waals surface area contributed by atoms with Gasteiger partial charge in [-0.1, -0.05) is 0 Å². The van der Waals surface area contributed by atoms with E-state index in [2.05, 4.69) is 0 Å². The van der Waals surface area contributed by atoms with Crippen LogP contribution in [0.1, 0.15) is 57.3 Å². The van der Waals surface area contributed by atoms with Crippen LogP contribution in [0.15, 0.2) is 18.2 Å². The number of methoxy groups -OCH3 is 2. The van der Waals surface area contributed by atoms with Crippen molar-refractivity contribution in [3.8, 4) is 11.5 Å². The highest BCUT2D eigenvalue weighted by Crippen LogP contribution is 2.29. The summed E-state index contributed by atoms with van der Waals surface area (Å²) in [6.45, 7) is 10.2. The third kappa shape index (κ3) is 7.29. The Bertz CT molecular complexity index is 761. The second kappa shape index (κ2) is 11.9. The number of piperidine rings is 1. The molecule has 0 radical (unpaired) electrons. The maximum Gasteiger partial charge on any atom is 0.410 e. The zero-order chi connectivity index (χ0) is 23.7. The molecule has 0 saturated carbocycles. The molecule has 1 aliphatic heterocycles. The molecule has 1 aromatic rings. The highest BCUT2D eigenvalue weighted by atomic mass is 16.6. The molecule has 180 valence electrons. The molecule has 2 rings (SSSR count). The van der Waals surface area contributed by atoms with Gasteiger partial charge in [0.15, 0.2) is 11.5 Å². The fourth-order valence-electron chi connectivity index (χ4n) is 3.74. The van der Waals surface area contributed by atoms with Crippen LogP contribution in [-0.4, -0.2) is 80.5 Å². The minimum Gasteiger partial charge on any atom is -0.493 e. The summed E-state index contributed by atoms with van der Waals surface area (Å²) in [6.07, 6.45) is 2.07. The molecule has 1 aliphatic rings. The van der Waals surface area contributed by atoms with Gasteiger partial charge in [-0.05, 0) is 58.7 Å². The summed E-state index contributed by atoms with van der Waals surface area (Å²) in [5.41, 5.74) is -0.0173. The van der Waals surface area contributed by atoms with Crippen molar-refractivity contribution in [3.05, 3.63) is 23.8 Å². The van der Waals surface area contributed by atoms with Crippen LogP contribution in [-0.2, 0) is 9.47 Å². The van der Waals surface area contributed by atoms with Crippen molar-refractivity contribution in [1.29, 1.82) is 0 Å². The first-order valence-electron chi connectivity index (χ1n) is 11.3. The summed E-state index contributed by atoms with van der Waals surface area (Å²) in [6, 6.07) is 5.16. The number of likely N-dealkylation sites (tertiary alicyclic amines) is 1. The molecule has 0 aromatic heterocycles. The lowest BCUT2D eigenvalue weighted by Gasteiger charge is -2.39. The fraction of sp³-hybridized carbons (Fsp3) is 0.667. The van der Waals surface area contributed by atoms with Crippen LogP contribution in [0.4, 0.5) is 4.79 Å². The standard InChI is InChI=1S/C24H38N2O6/c1-7-26(19-10-8-13-25(17-19)23(28)32-24(2,3)4)22(27)18-11-12-20(30-6)21(16-18)31-15-9-14-29-5/h11-12,16,19H,7-10,13-15,17H2,1-6H3/t19-/m1/s1. The first kappa shape index (κ1) is 25.8. The van der Waals surface area contributed by atoms with E-state index in [1.165, 1.54) is 0 Å². The minimum atomic E-state index is -0.549. The number of carbonyl (C=O) groups is 2. The van der Waals surface area contributed by atoms with Crippen LogP contribution >= 0.6 is 0 Å². The molecule has 8 heteroatoms. The van der Waals surface area contributed by atoms with Crippen LogP contribution in [0.25, 0.3) is 0 Å². The Kier molecular flexibility index (Phi) is 9.62. The topological polar surface area (TPSA) is 77.5 Å².